The van der Waals surface area contributed by atoms with Gasteiger partial charge in [-0.05, 0) is 18.1 Å². The molecule has 2 rings (SSSR count). The lowest BCUT2D eigenvalue weighted by molar-refractivity contribution is 0.101. The van der Waals surface area contributed by atoms with Crippen molar-refractivity contribution in [1.29, 1.82) is 0 Å². The Bertz CT molecular complexity index is 594. The van der Waals surface area contributed by atoms with E-state index in [2.05, 4.69) is 34.3 Å². The van der Waals surface area contributed by atoms with Crippen LogP contribution in [0.4, 0.5) is 11.6 Å². The number of amides is 1. The van der Waals surface area contributed by atoms with Crippen LogP contribution in [0.1, 0.15) is 24.5 Å². The van der Waals surface area contributed by atoms with Gasteiger partial charge in [0, 0.05) is 0 Å². The van der Waals surface area contributed by atoms with Gasteiger partial charge in [0.05, 0.1) is 12.3 Å². The SMILES string of the molecule is CC(C)COc1ccccc1NC(=O)c1nc(N)n[nH]1. The largest absolute Gasteiger partial charge is 0.491 e. The van der Waals surface area contributed by atoms with Gasteiger partial charge in [-0.1, -0.05) is 26.0 Å². The average molecular weight is 275 g/mol. The van der Waals surface area contributed by atoms with Crippen molar-refractivity contribution >= 4 is 17.5 Å². The van der Waals surface area contributed by atoms with Crippen molar-refractivity contribution in [3.05, 3.63) is 30.1 Å². The molecule has 0 atom stereocenters. The second-order valence-corrected chi connectivity index (χ2v) is 4.70. The van der Waals surface area contributed by atoms with Crippen molar-refractivity contribution in [1.82, 2.24) is 15.2 Å². The molecule has 1 heterocycles. The van der Waals surface area contributed by atoms with E-state index in [1.807, 2.05) is 12.1 Å². The average Bonchev–Trinajstić information content (AvgIpc) is 2.84. The number of para-hydroxylation sites is 2. The number of aromatic nitrogens is 3. The van der Waals surface area contributed by atoms with E-state index in [0.717, 1.165) is 0 Å². The third kappa shape index (κ3) is 3.47. The number of hydrogen-bond acceptors (Lipinski definition) is 5. The van der Waals surface area contributed by atoms with Gasteiger partial charge in [0.15, 0.2) is 0 Å². The molecule has 1 aromatic carbocycles. The Morgan fingerprint density at radius 3 is 2.85 bits per heavy atom. The third-order valence-corrected chi connectivity index (χ3v) is 2.43. The van der Waals surface area contributed by atoms with Crippen molar-refractivity contribution < 1.29 is 9.53 Å². The standard InChI is InChI=1S/C13H17N5O2/c1-8(2)7-20-10-6-4-3-5-9(10)15-12(19)11-16-13(14)18-17-11/h3-6,8H,7H2,1-2H3,(H,15,19)(H3,14,16,17,18). The van der Waals surface area contributed by atoms with Gasteiger partial charge < -0.3 is 15.8 Å². The van der Waals surface area contributed by atoms with Gasteiger partial charge in [-0.25, -0.2) is 0 Å². The molecule has 1 amide bonds. The summed E-state index contributed by atoms with van der Waals surface area (Å²) < 4.78 is 5.65. The number of anilines is 2. The Morgan fingerprint density at radius 2 is 2.20 bits per heavy atom. The molecule has 0 saturated heterocycles. The Kier molecular flexibility index (Phi) is 4.19. The minimum atomic E-state index is -0.421. The van der Waals surface area contributed by atoms with Crippen LogP contribution in [0.25, 0.3) is 0 Å². The highest BCUT2D eigenvalue weighted by molar-refractivity contribution is 6.02. The normalized spacial score (nSPS) is 10.6. The molecule has 0 spiro atoms. The predicted molar refractivity (Wildman–Crippen MR) is 75.5 cm³/mol. The molecular weight excluding hydrogens is 258 g/mol. The summed E-state index contributed by atoms with van der Waals surface area (Å²) in [6, 6.07) is 7.21. The van der Waals surface area contributed by atoms with Crippen molar-refractivity contribution in [2.75, 3.05) is 17.7 Å². The maximum Gasteiger partial charge on any atom is 0.293 e. The van der Waals surface area contributed by atoms with E-state index in [-0.39, 0.29) is 11.8 Å². The fourth-order valence-corrected chi connectivity index (χ4v) is 1.51. The minimum Gasteiger partial charge on any atom is -0.491 e. The van der Waals surface area contributed by atoms with Crippen LogP contribution in [0.15, 0.2) is 24.3 Å². The molecule has 0 saturated carbocycles. The quantitative estimate of drug-likeness (QED) is 0.769. The number of benzene rings is 1. The van der Waals surface area contributed by atoms with E-state index in [4.69, 9.17) is 10.5 Å². The highest BCUT2D eigenvalue weighted by Crippen LogP contribution is 2.24. The molecule has 0 aliphatic carbocycles. The summed E-state index contributed by atoms with van der Waals surface area (Å²) in [6.45, 7) is 4.68. The van der Waals surface area contributed by atoms with Gasteiger partial charge >= 0.3 is 0 Å². The van der Waals surface area contributed by atoms with Crippen molar-refractivity contribution in [2.45, 2.75) is 13.8 Å². The number of aromatic amines is 1. The van der Waals surface area contributed by atoms with Crippen molar-refractivity contribution in [2.24, 2.45) is 5.92 Å². The summed E-state index contributed by atoms with van der Waals surface area (Å²) in [7, 11) is 0. The monoisotopic (exact) mass is 275 g/mol. The molecule has 7 nitrogen and oxygen atoms in total. The zero-order valence-corrected chi connectivity index (χ0v) is 11.4. The number of nitrogen functional groups attached to an aromatic ring is 1. The molecule has 2 aromatic rings. The summed E-state index contributed by atoms with van der Waals surface area (Å²) in [5.74, 6) is 0.672. The smallest absolute Gasteiger partial charge is 0.293 e. The van der Waals surface area contributed by atoms with Gasteiger partial charge in [-0.3, -0.25) is 9.89 Å². The lowest BCUT2D eigenvalue weighted by Gasteiger charge is -2.13. The molecule has 0 fully saturated rings. The molecule has 4 N–H and O–H groups in total. The maximum absolute atomic E-state index is 12.0. The second-order valence-electron chi connectivity index (χ2n) is 4.70. The van der Waals surface area contributed by atoms with Crippen molar-refractivity contribution in [3.8, 4) is 5.75 Å². The van der Waals surface area contributed by atoms with Crippen LogP contribution in [-0.2, 0) is 0 Å². The number of carbonyl (C=O) groups is 1. The predicted octanol–water partition coefficient (Wildman–Crippen LogP) is 1.67. The molecule has 7 heteroatoms. The van der Waals surface area contributed by atoms with Gasteiger partial charge in [0.1, 0.15) is 5.75 Å². The number of carbonyl (C=O) groups excluding carboxylic acids is 1. The first-order valence-corrected chi connectivity index (χ1v) is 6.27. The molecule has 1 aromatic heterocycles. The summed E-state index contributed by atoms with van der Waals surface area (Å²) in [4.78, 5) is 15.7. The highest BCUT2D eigenvalue weighted by atomic mass is 16.5. The molecule has 0 bridgehead atoms. The van der Waals surface area contributed by atoms with E-state index in [9.17, 15) is 4.79 Å². The van der Waals surface area contributed by atoms with Crippen LogP contribution in [0.3, 0.4) is 0 Å². The molecule has 0 unspecified atom stereocenters. The lowest BCUT2D eigenvalue weighted by Crippen LogP contribution is -2.15. The van der Waals surface area contributed by atoms with E-state index < -0.39 is 5.91 Å². The number of hydrogen-bond donors (Lipinski definition) is 3. The van der Waals surface area contributed by atoms with Crippen LogP contribution >= 0.6 is 0 Å². The Labute approximate surface area is 116 Å². The number of nitrogens with one attached hydrogen (secondary N) is 2. The summed E-state index contributed by atoms with van der Waals surface area (Å²) in [5, 5.41) is 8.78. The molecular formula is C13H17N5O2. The summed E-state index contributed by atoms with van der Waals surface area (Å²) >= 11 is 0. The minimum absolute atomic E-state index is 0.0273. The van der Waals surface area contributed by atoms with Gasteiger partial charge in [0.2, 0.25) is 11.8 Å². The van der Waals surface area contributed by atoms with Crippen LogP contribution in [0.5, 0.6) is 5.75 Å². The maximum atomic E-state index is 12.0. The van der Waals surface area contributed by atoms with E-state index in [1.54, 1.807) is 12.1 Å². The fourth-order valence-electron chi connectivity index (χ4n) is 1.51. The van der Waals surface area contributed by atoms with Crippen molar-refractivity contribution in [3.63, 3.8) is 0 Å². The Balaban J connectivity index is 2.10. The zero-order valence-electron chi connectivity index (χ0n) is 11.4. The molecule has 0 aliphatic rings. The van der Waals surface area contributed by atoms with Gasteiger partial charge in [-0.15, -0.1) is 5.10 Å². The lowest BCUT2D eigenvalue weighted by atomic mass is 10.2. The summed E-state index contributed by atoms with van der Waals surface area (Å²) in [6.07, 6.45) is 0. The van der Waals surface area contributed by atoms with Gasteiger partial charge in [0.25, 0.3) is 5.91 Å². The summed E-state index contributed by atoms with van der Waals surface area (Å²) in [5.41, 5.74) is 5.94. The molecule has 0 aliphatic heterocycles. The van der Waals surface area contributed by atoms with Crippen LogP contribution < -0.4 is 15.8 Å². The van der Waals surface area contributed by atoms with E-state index >= 15 is 0 Å². The zero-order chi connectivity index (χ0) is 14.5. The number of H-pyrrole nitrogens is 1. The first-order chi connectivity index (χ1) is 9.56. The third-order valence-electron chi connectivity index (χ3n) is 2.43. The second kappa shape index (κ2) is 6.05. The number of rotatable bonds is 5. The first kappa shape index (κ1) is 13.9. The fraction of sp³-hybridized carbons (Fsp3) is 0.308. The molecule has 0 radical (unpaired) electrons. The van der Waals surface area contributed by atoms with Crippen LogP contribution in [0, 0.1) is 5.92 Å². The molecule has 106 valence electrons. The van der Waals surface area contributed by atoms with E-state index in [0.29, 0.717) is 24.0 Å². The number of nitrogens with zero attached hydrogens (tertiary/aromatic N) is 2. The van der Waals surface area contributed by atoms with Gasteiger partial charge in [-0.2, -0.15) is 4.98 Å². The Morgan fingerprint density at radius 1 is 1.45 bits per heavy atom. The van der Waals surface area contributed by atoms with Crippen LogP contribution in [0.2, 0.25) is 0 Å². The molecule has 20 heavy (non-hydrogen) atoms. The van der Waals surface area contributed by atoms with E-state index in [1.165, 1.54) is 0 Å². The first-order valence-electron chi connectivity index (χ1n) is 6.27. The van der Waals surface area contributed by atoms with Crippen LogP contribution in [-0.4, -0.2) is 27.7 Å². The number of ether oxygens (including phenoxy) is 1. The highest BCUT2D eigenvalue weighted by Gasteiger charge is 2.13. The Hall–Kier alpha value is -2.57. The topological polar surface area (TPSA) is 106 Å². The number of nitrogens with two attached hydrogens (primary N) is 1.